The molecule has 0 atom stereocenters. The van der Waals surface area contributed by atoms with Crippen LogP contribution < -0.4 is 0 Å². The predicted octanol–water partition coefficient (Wildman–Crippen LogP) is 2.40. The van der Waals surface area contributed by atoms with Crippen LogP contribution in [0.5, 0.6) is 0 Å². The van der Waals surface area contributed by atoms with Crippen LogP contribution in [0.2, 0.25) is 0 Å². The number of fused-ring (bicyclic) bond motifs is 1. The van der Waals surface area contributed by atoms with E-state index in [-0.39, 0.29) is 5.69 Å². The van der Waals surface area contributed by atoms with Crippen LogP contribution >= 0.6 is 0 Å². The Bertz CT molecular complexity index is 760. The third-order valence-corrected chi connectivity index (χ3v) is 2.92. The van der Waals surface area contributed by atoms with Crippen LogP contribution in [0.25, 0.3) is 17.0 Å². The van der Waals surface area contributed by atoms with Gasteiger partial charge in [0.25, 0.3) is 0 Å². The number of hydrogen-bond donors (Lipinski definition) is 1. The van der Waals surface area contributed by atoms with Crippen molar-refractivity contribution in [2.75, 3.05) is 0 Å². The summed E-state index contributed by atoms with van der Waals surface area (Å²) in [5.41, 5.74) is 2.32. The Hall–Kier alpha value is -2.69. The summed E-state index contributed by atoms with van der Waals surface area (Å²) in [5, 5.41) is 9.17. The third-order valence-electron chi connectivity index (χ3n) is 2.92. The molecule has 0 amide bonds. The van der Waals surface area contributed by atoms with E-state index in [0.29, 0.717) is 11.5 Å². The highest BCUT2D eigenvalue weighted by Gasteiger charge is 2.18. The van der Waals surface area contributed by atoms with Crippen molar-refractivity contribution in [1.82, 2.24) is 14.4 Å². The zero-order valence-corrected chi connectivity index (χ0v) is 10.2. The van der Waals surface area contributed by atoms with Gasteiger partial charge in [-0.15, -0.1) is 0 Å². The molecule has 2 aromatic heterocycles. The molecule has 0 aliphatic carbocycles. The highest BCUT2D eigenvalue weighted by atomic mass is 16.4. The van der Waals surface area contributed by atoms with Crippen LogP contribution in [0.3, 0.4) is 0 Å². The van der Waals surface area contributed by atoms with Crippen molar-refractivity contribution in [2.24, 2.45) is 0 Å². The van der Waals surface area contributed by atoms with Gasteiger partial charge in [0.1, 0.15) is 5.82 Å². The van der Waals surface area contributed by atoms with Gasteiger partial charge in [0.05, 0.1) is 0 Å². The fourth-order valence-corrected chi connectivity index (χ4v) is 1.98. The van der Waals surface area contributed by atoms with Crippen LogP contribution in [0.15, 0.2) is 42.7 Å². The fourth-order valence-electron chi connectivity index (χ4n) is 1.98. The number of rotatable bonds is 2. The van der Waals surface area contributed by atoms with Crippen molar-refractivity contribution < 1.29 is 9.90 Å². The van der Waals surface area contributed by atoms with Crippen molar-refractivity contribution in [2.45, 2.75) is 6.92 Å². The first-order valence-corrected chi connectivity index (χ1v) is 5.80. The van der Waals surface area contributed by atoms with Crippen LogP contribution in [-0.2, 0) is 0 Å². The first-order valence-electron chi connectivity index (χ1n) is 5.80. The van der Waals surface area contributed by atoms with Gasteiger partial charge >= 0.3 is 5.97 Å². The number of carboxylic acids is 1. The number of carboxylic acid groups (broad SMARTS) is 1. The molecule has 0 aliphatic rings. The maximum Gasteiger partial charge on any atom is 0.358 e. The summed E-state index contributed by atoms with van der Waals surface area (Å²) in [4.78, 5) is 19.5. The van der Waals surface area contributed by atoms with Gasteiger partial charge in [0.15, 0.2) is 11.3 Å². The number of hydrogen-bond acceptors (Lipinski definition) is 3. The first kappa shape index (κ1) is 11.4. The van der Waals surface area contributed by atoms with E-state index < -0.39 is 5.97 Å². The molecule has 0 saturated heterocycles. The topological polar surface area (TPSA) is 67.5 Å². The molecule has 1 aromatic carbocycles. The van der Waals surface area contributed by atoms with Gasteiger partial charge in [0, 0.05) is 18.0 Å². The van der Waals surface area contributed by atoms with Gasteiger partial charge in [-0.2, -0.15) is 0 Å². The van der Waals surface area contributed by atoms with Crippen molar-refractivity contribution in [1.29, 1.82) is 0 Å². The predicted molar refractivity (Wildman–Crippen MR) is 70.1 cm³/mol. The lowest BCUT2D eigenvalue weighted by Gasteiger charge is -2.00. The summed E-state index contributed by atoms with van der Waals surface area (Å²) >= 11 is 0. The molecule has 0 aliphatic heterocycles. The summed E-state index contributed by atoms with van der Waals surface area (Å²) in [6.45, 7) is 2.00. The van der Waals surface area contributed by atoms with Gasteiger partial charge in [-0.1, -0.05) is 29.8 Å². The molecule has 3 aromatic rings. The molecule has 94 valence electrons. The fraction of sp³-hybridized carbons (Fsp3) is 0.0714. The second-order valence-electron chi connectivity index (χ2n) is 4.27. The molecule has 2 heterocycles. The van der Waals surface area contributed by atoms with Crippen LogP contribution in [0, 0.1) is 6.92 Å². The molecule has 5 heteroatoms. The second-order valence-corrected chi connectivity index (χ2v) is 4.27. The summed E-state index contributed by atoms with van der Waals surface area (Å²) in [7, 11) is 0. The van der Waals surface area contributed by atoms with Crippen LogP contribution in [0.1, 0.15) is 16.1 Å². The molecule has 0 unspecified atom stereocenters. The molecule has 0 bridgehead atoms. The highest BCUT2D eigenvalue weighted by Crippen LogP contribution is 2.21. The van der Waals surface area contributed by atoms with E-state index >= 15 is 0 Å². The standard InChI is InChI=1S/C14H11N3O2/c1-9-3-5-10(6-4-9)12-16-11(14(18)19)13-15-7-2-8-17(12)13/h2-8H,1H3,(H,18,19). The largest absolute Gasteiger partial charge is 0.476 e. The van der Waals surface area contributed by atoms with Crippen LogP contribution in [0.4, 0.5) is 0 Å². The molecule has 5 nitrogen and oxygen atoms in total. The maximum atomic E-state index is 11.2. The van der Waals surface area contributed by atoms with E-state index in [1.54, 1.807) is 22.9 Å². The minimum atomic E-state index is -1.07. The average molecular weight is 253 g/mol. The number of aromatic nitrogens is 3. The Morgan fingerprint density at radius 3 is 2.68 bits per heavy atom. The quantitative estimate of drug-likeness (QED) is 0.761. The number of carbonyl (C=O) groups is 1. The molecule has 0 fully saturated rings. The molecule has 19 heavy (non-hydrogen) atoms. The van der Waals surface area contributed by atoms with E-state index in [2.05, 4.69) is 9.97 Å². The van der Waals surface area contributed by atoms with Crippen LogP contribution in [-0.4, -0.2) is 25.4 Å². The molecular weight excluding hydrogens is 242 g/mol. The number of benzene rings is 1. The minimum Gasteiger partial charge on any atom is -0.476 e. The Morgan fingerprint density at radius 1 is 1.26 bits per heavy atom. The minimum absolute atomic E-state index is 0.0313. The normalized spacial score (nSPS) is 10.8. The van der Waals surface area contributed by atoms with Gasteiger partial charge < -0.3 is 5.11 Å². The highest BCUT2D eigenvalue weighted by molar-refractivity contribution is 5.93. The number of aryl methyl sites for hydroxylation is 1. The summed E-state index contributed by atoms with van der Waals surface area (Å²) in [6, 6.07) is 9.52. The molecule has 3 rings (SSSR count). The Labute approximate surface area is 109 Å². The maximum absolute atomic E-state index is 11.2. The summed E-state index contributed by atoms with van der Waals surface area (Å²) in [6.07, 6.45) is 3.32. The molecule has 1 N–H and O–H groups in total. The Morgan fingerprint density at radius 2 is 2.00 bits per heavy atom. The lowest BCUT2D eigenvalue weighted by molar-refractivity contribution is 0.0693. The molecule has 0 spiro atoms. The number of aromatic carboxylic acids is 1. The van der Waals surface area contributed by atoms with E-state index in [9.17, 15) is 9.90 Å². The monoisotopic (exact) mass is 253 g/mol. The van der Waals surface area contributed by atoms with Crippen molar-refractivity contribution in [3.63, 3.8) is 0 Å². The zero-order valence-electron chi connectivity index (χ0n) is 10.2. The van der Waals surface area contributed by atoms with Gasteiger partial charge in [0.2, 0.25) is 0 Å². The van der Waals surface area contributed by atoms with Gasteiger partial charge in [-0.3, -0.25) is 4.40 Å². The smallest absolute Gasteiger partial charge is 0.358 e. The summed E-state index contributed by atoms with van der Waals surface area (Å²) in [5.74, 6) is -0.491. The Balaban J connectivity index is 2.29. The SMILES string of the molecule is Cc1ccc(-c2nc(C(=O)O)c3ncccn23)cc1. The summed E-state index contributed by atoms with van der Waals surface area (Å²) < 4.78 is 1.69. The number of nitrogens with zero attached hydrogens (tertiary/aromatic N) is 3. The van der Waals surface area contributed by atoms with Crippen molar-refractivity contribution in [3.8, 4) is 11.4 Å². The van der Waals surface area contributed by atoms with Crippen molar-refractivity contribution >= 4 is 11.6 Å². The number of imidazole rings is 1. The van der Waals surface area contributed by atoms with Gasteiger partial charge in [-0.25, -0.2) is 14.8 Å². The van der Waals surface area contributed by atoms with E-state index in [1.165, 1.54) is 0 Å². The zero-order chi connectivity index (χ0) is 13.4. The molecular formula is C14H11N3O2. The molecule has 0 radical (unpaired) electrons. The van der Waals surface area contributed by atoms with Crippen molar-refractivity contribution in [3.05, 3.63) is 54.0 Å². The Kier molecular flexibility index (Phi) is 2.52. The van der Waals surface area contributed by atoms with E-state index in [1.807, 2.05) is 31.2 Å². The van der Waals surface area contributed by atoms with E-state index in [4.69, 9.17) is 0 Å². The first-order chi connectivity index (χ1) is 9.16. The lowest BCUT2D eigenvalue weighted by Crippen LogP contribution is -1.98. The second kappa shape index (κ2) is 4.20. The van der Waals surface area contributed by atoms with Gasteiger partial charge in [-0.05, 0) is 13.0 Å². The lowest BCUT2D eigenvalue weighted by atomic mass is 10.1. The average Bonchev–Trinajstić information content (AvgIpc) is 2.79. The third kappa shape index (κ3) is 1.85. The molecule has 0 saturated carbocycles. The van der Waals surface area contributed by atoms with E-state index in [0.717, 1.165) is 11.1 Å².